The molecular formula is C24H28N4O4S2. The summed E-state index contributed by atoms with van der Waals surface area (Å²) in [5.74, 6) is 0.712. The molecule has 4 heterocycles. The number of benzene rings is 1. The Morgan fingerprint density at radius 3 is 2.38 bits per heavy atom. The molecule has 1 aromatic carbocycles. The lowest BCUT2D eigenvalue weighted by Gasteiger charge is -2.34. The summed E-state index contributed by atoms with van der Waals surface area (Å²) in [6.07, 6.45) is 4.51. The molecule has 2 aromatic heterocycles. The molecule has 0 N–H and O–H groups in total. The average molecular weight is 501 g/mol. The lowest BCUT2D eigenvalue weighted by Crippen LogP contribution is -2.48. The topological polar surface area (TPSA) is 87.0 Å². The molecular weight excluding hydrogens is 472 g/mol. The Hall–Kier alpha value is -2.53. The molecule has 0 bridgehead atoms. The minimum Gasteiger partial charge on any atom is -0.463 e. The van der Waals surface area contributed by atoms with E-state index in [0.29, 0.717) is 31.7 Å². The van der Waals surface area contributed by atoms with E-state index in [1.807, 2.05) is 22.4 Å². The van der Waals surface area contributed by atoms with Gasteiger partial charge in [-0.3, -0.25) is 9.69 Å². The molecule has 2 fully saturated rings. The normalized spacial score (nSPS) is 18.3. The minimum absolute atomic E-state index is 0.0593. The van der Waals surface area contributed by atoms with Crippen molar-refractivity contribution in [3.05, 3.63) is 58.6 Å². The van der Waals surface area contributed by atoms with Crippen LogP contribution >= 0.6 is 11.3 Å². The number of aromatic nitrogens is 1. The molecule has 2 saturated heterocycles. The third-order valence-electron chi connectivity index (χ3n) is 6.40. The number of hydrogen-bond acceptors (Lipinski definition) is 7. The first-order valence-corrected chi connectivity index (χ1v) is 13.9. The molecule has 0 aliphatic carbocycles. The number of carbonyl (C=O) groups excluding carboxylic acids is 1. The Morgan fingerprint density at radius 1 is 0.971 bits per heavy atom. The Balaban J connectivity index is 1.16. The smallest absolute Gasteiger partial charge is 0.253 e. The van der Waals surface area contributed by atoms with Crippen LogP contribution in [0.4, 0.5) is 0 Å². The summed E-state index contributed by atoms with van der Waals surface area (Å²) in [5, 5.41) is 3.03. The van der Waals surface area contributed by atoms with Crippen LogP contribution in [0, 0.1) is 0 Å². The van der Waals surface area contributed by atoms with Gasteiger partial charge in [-0.2, -0.15) is 4.31 Å². The monoisotopic (exact) mass is 500 g/mol. The SMILES string of the molecule is O=C(c1ccc(S(=O)(=O)N2CCCCC2)cc1)N1CCN(Cc2nc(-c3ccco3)cs2)CC1. The summed E-state index contributed by atoms with van der Waals surface area (Å²) in [4.78, 5) is 22.0. The standard InChI is InChI=1S/C24H28N4O4S2/c29-24(19-6-8-20(9-7-19)34(30,31)28-10-2-1-3-11-28)27-14-12-26(13-15-27)17-23-25-21(18-33-23)22-5-4-16-32-22/h4-9,16,18H,1-3,10-15,17H2. The number of rotatable bonds is 6. The highest BCUT2D eigenvalue weighted by Crippen LogP contribution is 2.24. The van der Waals surface area contributed by atoms with Gasteiger partial charge in [0.2, 0.25) is 10.0 Å². The fourth-order valence-corrected chi connectivity index (χ4v) is 6.77. The summed E-state index contributed by atoms with van der Waals surface area (Å²) in [7, 11) is -3.49. The van der Waals surface area contributed by atoms with E-state index in [4.69, 9.17) is 4.42 Å². The maximum atomic E-state index is 13.0. The van der Waals surface area contributed by atoms with Crippen LogP contribution in [0.15, 0.2) is 57.4 Å². The van der Waals surface area contributed by atoms with Gasteiger partial charge in [0.15, 0.2) is 5.76 Å². The van der Waals surface area contributed by atoms with Crippen molar-refractivity contribution < 1.29 is 17.6 Å². The van der Waals surface area contributed by atoms with Crippen LogP contribution in [-0.2, 0) is 16.6 Å². The summed E-state index contributed by atoms with van der Waals surface area (Å²) >= 11 is 1.61. The lowest BCUT2D eigenvalue weighted by atomic mass is 10.2. The third kappa shape index (κ3) is 4.95. The van der Waals surface area contributed by atoms with Crippen molar-refractivity contribution in [1.82, 2.24) is 19.1 Å². The fourth-order valence-electron chi connectivity index (χ4n) is 4.43. The first-order chi connectivity index (χ1) is 16.5. The molecule has 0 atom stereocenters. The van der Waals surface area contributed by atoms with E-state index in [1.165, 1.54) is 0 Å². The van der Waals surface area contributed by atoms with Gasteiger partial charge in [0, 0.05) is 50.2 Å². The first-order valence-electron chi connectivity index (χ1n) is 11.6. The fraction of sp³-hybridized carbons (Fsp3) is 0.417. The van der Waals surface area contributed by atoms with E-state index < -0.39 is 10.0 Å². The summed E-state index contributed by atoms with van der Waals surface area (Å²) < 4.78 is 32.6. The molecule has 5 rings (SSSR count). The van der Waals surface area contributed by atoms with Gasteiger partial charge in [0.05, 0.1) is 17.7 Å². The number of amides is 1. The molecule has 2 aliphatic heterocycles. The highest BCUT2D eigenvalue weighted by Gasteiger charge is 2.27. The summed E-state index contributed by atoms with van der Waals surface area (Å²) in [6, 6.07) is 10.2. The Morgan fingerprint density at radius 2 is 1.71 bits per heavy atom. The van der Waals surface area contributed by atoms with Gasteiger partial charge in [-0.25, -0.2) is 13.4 Å². The van der Waals surface area contributed by atoms with Crippen molar-refractivity contribution in [1.29, 1.82) is 0 Å². The van der Waals surface area contributed by atoms with Crippen LogP contribution in [0.5, 0.6) is 0 Å². The summed E-state index contributed by atoms with van der Waals surface area (Å²) in [5.41, 5.74) is 1.37. The van der Waals surface area contributed by atoms with Crippen molar-refractivity contribution >= 4 is 27.3 Å². The van der Waals surface area contributed by atoms with Gasteiger partial charge in [0.25, 0.3) is 5.91 Å². The molecule has 3 aromatic rings. The maximum absolute atomic E-state index is 13.0. The van der Waals surface area contributed by atoms with Gasteiger partial charge in [-0.05, 0) is 49.2 Å². The van der Waals surface area contributed by atoms with Crippen molar-refractivity contribution in [2.45, 2.75) is 30.7 Å². The second-order valence-corrected chi connectivity index (χ2v) is 11.5. The molecule has 0 radical (unpaired) electrons. The van der Waals surface area contributed by atoms with Crippen LogP contribution in [0.25, 0.3) is 11.5 Å². The quantitative estimate of drug-likeness (QED) is 0.515. The van der Waals surface area contributed by atoms with Gasteiger partial charge in [-0.1, -0.05) is 6.42 Å². The van der Waals surface area contributed by atoms with E-state index in [9.17, 15) is 13.2 Å². The van der Waals surface area contributed by atoms with Gasteiger partial charge >= 0.3 is 0 Å². The van der Waals surface area contributed by atoms with Crippen LogP contribution < -0.4 is 0 Å². The molecule has 8 nitrogen and oxygen atoms in total. The zero-order chi connectivity index (χ0) is 23.5. The largest absolute Gasteiger partial charge is 0.463 e. The summed E-state index contributed by atoms with van der Waals surface area (Å²) in [6.45, 7) is 4.67. The maximum Gasteiger partial charge on any atom is 0.253 e. The molecule has 0 saturated carbocycles. The zero-order valence-corrected chi connectivity index (χ0v) is 20.6. The van der Waals surface area contributed by atoms with Crippen molar-refractivity contribution in [3.8, 4) is 11.5 Å². The van der Waals surface area contributed by atoms with Crippen molar-refractivity contribution in [2.75, 3.05) is 39.3 Å². The molecule has 34 heavy (non-hydrogen) atoms. The zero-order valence-electron chi connectivity index (χ0n) is 18.9. The Bertz CT molecular complexity index is 1210. The minimum atomic E-state index is -3.49. The number of carbonyl (C=O) groups is 1. The average Bonchev–Trinajstić information content (AvgIpc) is 3.57. The number of nitrogens with zero attached hydrogens (tertiary/aromatic N) is 4. The van der Waals surface area contributed by atoms with Crippen LogP contribution in [-0.4, -0.2) is 72.7 Å². The number of sulfonamides is 1. The molecule has 2 aliphatic rings. The van der Waals surface area contributed by atoms with Crippen molar-refractivity contribution in [3.63, 3.8) is 0 Å². The molecule has 1 amide bonds. The van der Waals surface area contributed by atoms with E-state index in [1.54, 1.807) is 46.2 Å². The van der Waals surface area contributed by atoms with E-state index in [-0.39, 0.29) is 10.8 Å². The second kappa shape index (κ2) is 9.99. The lowest BCUT2D eigenvalue weighted by molar-refractivity contribution is 0.0628. The van der Waals surface area contributed by atoms with Crippen molar-refractivity contribution in [2.24, 2.45) is 0 Å². The van der Waals surface area contributed by atoms with E-state index in [0.717, 1.165) is 55.4 Å². The highest BCUT2D eigenvalue weighted by molar-refractivity contribution is 7.89. The van der Waals surface area contributed by atoms with Crippen LogP contribution in [0.3, 0.4) is 0 Å². The molecule has 0 unspecified atom stereocenters. The molecule has 10 heteroatoms. The number of furan rings is 1. The predicted molar refractivity (Wildman–Crippen MR) is 130 cm³/mol. The molecule has 0 spiro atoms. The molecule has 180 valence electrons. The van der Waals surface area contributed by atoms with Crippen LogP contribution in [0.1, 0.15) is 34.6 Å². The second-order valence-electron chi connectivity index (χ2n) is 8.66. The number of hydrogen-bond donors (Lipinski definition) is 0. The van der Waals surface area contributed by atoms with Gasteiger partial charge in [-0.15, -0.1) is 11.3 Å². The van der Waals surface area contributed by atoms with Crippen LogP contribution in [0.2, 0.25) is 0 Å². The number of piperazine rings is 1. The number of piperidine rings is 1. The highest BCUT2D eigenvalue weighted by atomic mass is 32.2. The number of thiazole rings is 1. The van der Waals surface area contributed by atoms with Gasteiger partial charge < -0.3 is 9.32 Å². The third-order valence-corrected chi connectivity index (χ3v) is 9.14. The van der Waals surface area contributed by atoms with Gasteiger partial charge in [0.1, 0.15) is 10.7 Å². The Labute approximate surface area is 203 Å². The predicted octanol–water partition coefficient (Wildman–Crippen LogP) is 3.54. The van der Waals surface area contributed by atoms with E-state index in [2.05, 4.69) is 9.88 Å². The first kappa shape index (κ1) is 23.2. The van der Waals surface area contributed by atoms with E-state index >= 15 is 0 Å². The Kier molecular flexibility index (Phi) is 6.82.